The summed E-state index contributed by atoms with van der Waals surface area (Å²) in [6, 6.07) is 1.75. The highest BCUT2D eigenvalue weighted by molar-refractivity contribution is 6.05. The van der Waals surface area contributed by atoms with Crippen molar-refractivity contribution in [2.45, 2.75) is 63.6 Å². The van der Waals surface area contributed by atoms with Crippen molar-refractivity contribution >= 4 is 17.5 Å². The first kappa shape index (κ1) is 20.0. The van der Waals surface area contributed by atoms with Crippen molar-refractivity contribution in [3.8, 4) is 5.88 Å². The summed E-state index contributed by atoms with van der Waals surface area (Å²) in [6.45, 7) is 4.89. The number of nitrogens with zero attached hydrogens (tertiary/aromatic N) is 5. The maximum atomic E-state index is 13.0. The number of carbonyl (C=O) groups excluding carboxylic acids is 1. The third kappa shape index (κ3) is 3.89. The van der Waals surface area contributed by atoms with E-state index in [1.807, 2.05) is 6.20 Å². The standard InChI is InChI=1S/C22H28N6O3/c1-14-7-9-22(2,13-30-14)17-12-28-11-16(19(29)24-18-8-10-27(3)26-18)20(25-21(28)23-17)31-15-5-4-6-15/h8,10-12,14-15H,4-7,9,13H2,1-3H3,(H,24,26,29)/t14?,22-/m0/s1. The Balaban J connectivity index is 1.49. The number of hydrogen-bond acceptors (Lipinski definition) is 6. The van der Waals surface area contributed by atoms with Gasteiger partial charge in [0, 0.05) is 37.1 Å². The first-order chi connectivity index (χ1) is 14.9. The van der Waals surface area contributed by atoms with Crippen LogP contribution in [0, 0.1) is 0 Å². The van der Waals surface area contributed by atoms with E-state index in [2.05, 4.69) is 29.2 Å². The molecule has 5 rings (SSSR count). The molecule has 1 amide bonds. The number of fused-ring (bicyclic) bond motifs is 1. The van der Waals surface area contributed by atoms with Gasteiger partial charge in [0.15, 0.2) is 5.82 Å². The molecular weight excluding hydrogens is 396 g/mol. The molecule has 0 radical (unpaired) electrons. The normalized spacial score (nSPS) is 24.2. The molecule has 4 heterocycles. The summed E-state index contributed by atoms with van der Waals surface area (Å²) in [5, 5.41) is 7.06. The summed E-state index contributed by atoms with van der Waals surface area (Å²) in [6.07, 6.45) is 10.9. The summed E-state index contributed by atoms with van der Waals surface area (Å²) in [5.74, 6) is 1.02. The van der Waals surface area contributed by atoms with Crippen molar-refractivity contribution in [1.82, 2.24) is 24.1 Å². The molecule has 3 aromatic heterocycles. The van der Waals surface area contributed by atoms with E-state index < -0.39 is 0 Å². The zero-order chi connectivity index (χ0) is 21.6. The van der Waals surface area contributed by atoms with E-state index in [1.165, 1.54) is 0 Å². The van der Waals surface area contributed by atoms with E-state index in [4.69, 9.17) is 14.5 Å². The fourth-order valence-corrected chi connectivity index (χ4v) is 3.96. The Morgan fingerprint density at radius 1 is 1.29 bits per heavy atom. The van der Waals surface area contributed by atoms with Crippen LogP contribution in [0.25, 0.3) is 5.78 Å². The molecule has 3 aromatic rings. The van der Waals surface area contributed by atoms with Gasteiger partial charge in [0.05, 0.1) is 18.4 Å². The first-order valence-electron chi connectivity index (χ1n) is 10.9. The van der Waals surface area contributed by atoms with E-state index in [1.54, 1.807) is 34.6 Å². The van der Waals surface area contributed by atoms with Crippen molar-refractivity contribution in [1.29, 1.82) is 0 Å². The van der Waals surface area contributed by atoms with Gasteiger partial charge in [-0.2, -0.15) is 10.1 Å². The Morgan fingerprint density at radius 2 is 2.13 bits per heavy atom. The van der Waals surface area contributed by atoms with E-state index in [9.17, 15) is 4.79 Å². The second-order valence-corrected chi connectivity index (χ2v) is 9.01. The lowest BCUT2D eigenvalue weighted by Crippen LogP contribution is -2.36. The fraction of sp³-hybridized carbons (Fsp3) is 0.545. The van der Waals surface area contributed by atoms with Gasteiger partial charge in [0.25, 0.3) is 5.91 Å². The third-order valence-corrected chi connectivity index (χ3v) is 6.35. The van der Waals surface area contributed by atoms with Crippen molar-refractivity contribution < 1.29 is 14.3 Å². The van der Waals surface area contributed by atoms with Crippen LogP contribution in [0.3, 0.4) is 0 Å². The lowest BCUT2D eigenvalue weighted by molar-refractivity contribution is -0.0162. The average Bonchev–Trinajstić information content (AvgIpc) is 3.32. The van der Waals surface area contributed by atoms with E-state index in [0.29, 0.717) is 29.6 Å². The summed E-state index contributed by atoms with van der Waals surface area (Å²) in [4.78, 5) is 22.5. The number of imidazole rings is 1. The van der Waals surface area contributed by atoms with Gasteiger partial charge in [-0.3, -0.25) is 13.9 Å². The van der Waals surface area contributed by atoms with Crippen LogP contribution < -0.4 is 10.1 Å². The zero-order valence-electron chi connectivity index (χ0n) is 18.2. The van der Waals surface area contributed by atoms with Gasteiger partial charge in [-0.25, -0.2) is 4.98 Å². The molecular formula is C22H28N6O3. The number of hydrogen-bond donors (Lipinski definition) is 1. The summed E-state index contributed by atoms with van der Waals surface area (Å²) < 4.78 is 15.4. The van der Waals surface area contributed by atoms with Gasteiger partial charge >= 0.3 is 0 Å². The number of aryl methyl sites for hydroxylation is 1. The van der Waals surface area contributed by atoms with Gasteiger partial charge < -0.3 is 14.8 Å². The first-order valence-corrected chi connectivity index (χ1v) is 10.9. The molecule has 9 heteroatoms. The second kappa shape index (κ2) is 7.64. The molecule has 9 nitrogen and oxygen atoms in total. The maximum Gasteiger partial charge on any atom is 0.263 e. The number of aromatic nitrogens is 5. The highest BCUT2D eigenvalue weighted by Crippen LogP contribution is 2.34. The number of rotatable bonds is 5. The molecule has 2 atom stereocenters. The quantitative estimate of drug-likeness (QED) is 0.676. The maximum absolute atomic E-state index is 13.0. The van der Waals surface area contributed by atoms with Gasteiger partial charge in [0.2, 0.25) is 11.7 Å². The van der Waals surface area contributed by atoms with Crippen LogP contribution in [0.15, 0.2) is 24.7 Å². The molecule has 1 saturated carbocycles. The van der Waals surface area contributed by atoms with Crippen LogP contribution in [0.5, 0.6) is 5.88 Å². The van der Waals surface area contributed by atoms with Gasteiger partial charge in [-0.05, 0) is 39.0 Å². The number of amides is 1. The van der Waals surface area contributed by atoms with Gasteiger partial charge in [-0.15, -0.1) is 0 Å². The predicted octanol–water partition coefficient (Wildman–Crippen LogP) is 3.10. The lowest BCUT2D eigenvalue weighted by Gasteiger charge is -2.34. The molecule has 1 aliphatic carbocycles. The lowest BCUT2D eigenvalue weighted by atomic mass is 9.81. The monoisotopic (exact) mass is 424 g/mol. The number of ether oxygens (including phenoxy) is 2. The molecule has 0 spiro atoms. The Morgan fingerprint density at radius 3 is 2.77 bits per heavy atom. The van der Waals surface area contributed by atoms with E-state index in [0.717, 1.165) is 37.8 Å². The summed E-state index contributed by atoms with van der Waals surface area (Å²) >= 11 is 0. The minimum Gasteiger partial charge on any atom is -0.474 e. The Bertz CT molecular complexity index is 1110. The molecule has 2 fully saturated rings. The molecule has 31 heavy (non-hydrogen) atoms. The van der Waals surface area contributed by atoms with E-state index in [-0.39, 0.29) is 23.5 Å². The van der Waals surface area contributed by atoms with Crippen LogP contribution in [-0.4, -0.2) is 48.9 Å². The topological polar surface area (TPSA) is 95.6 Å². The largest absolute Gasteiger partial charge is 0.474 e. The van der Waals surface area contributed by atoms with Crippen LogP contribution in [-0.2, 0) is 17.2 Å². The molecule has 164 valence electrons. The minimum absolute atomic E-state index is 0.0940. The number of carbonyl (C=O) groups is 1. The summed E-state index contributed by atoms with van der Waals surface area (Å²) in [5.41, 5.74) is 1.11. The predicted molar refractivity (Wildman–Crippen MR) is 114 cm³/mol. The Hall–Kier alpha value is -2.94. The highest BCUT2D eigenvalue weighted by atomic mass is 16.5. The molecule has 1 saturated heterocycles. The molecule has 0 aromatic carbocycles. The highest BCUT2D eigenvalue weighted by Gasteiger charge is 2.35. The van der Waals surface area contributed by atoms with Crippen LogP contribution in [0.1, 0.15) is 62.0 Å². The number of anilines is 1. The van der Waals surface area contributed by atoms with Crippen LogP contribution >= 0.6 is 0 Å². The smallest absolute Gasteiger partial charge is 0.263 e. The van der Waals surface area contributed by atoms with Crippen LogP contribution in [0.4, 0.5) is 5.82 Å². The molecule has 0 bridgehead atoms. The Labute approximate surface area is 180 Å². The SMILES string of the molecule is CC1CC[C@](C)(c2cn3cc(C(=O)Nc4ccn(C)n4)c(OC4CCC4)nc3n2)CO1. The zero-order valence-corrected chi connectivity index (χ0v) is 18.2. The van der Waals surface area contributed by atoms with Crippen molar-refractivity contribution in [3.05, 3.63) is 35.9 Å². The average molecular weight is 425 g/mol. The van der Waals surface area contributed by atoms with Crippen molar-refractivity contribution in [3.63, 3.8) is 0 Å². The Kier molecular flexibility index (Phi) is 4.92. The minimum atomic E-state index is -0.307. The molecule has 1 N–H and O–H groups in total. The van der Waals surface area contributed by atoms with Gasteiger partial charge in [0.1, 0.15) is 11.7 Å². The van der Waals surface area contributed by atoms with Gasteiger partial charge in [-0.1, -0.05) is 6.92 Å². The second-order valence-electron chi connectivity index (χ2n) is 9.01. The summed E-state index contributed by atoms with van der Waals surface area (Å²) in [7, 11) is 1.80. The van der Waals surface area contributed by atoms with Crippen molar-refractivity contribution in [2.75, 3.05) is 11.9 Å². The van der Waals surface area contributed by atoms with Crippen molar-refractivity contribution in [2.24, 2.45) is 7.05 Å². The van der Waals surface area contributed by atoms with E-state index >= 15 is 0 Å². The molecule has 1 aliphatic heterocycles. The molecule has 1 unspecified atom stereocenters. The fourth-order valence-electron chi connectivity index (χ4n) is 3.96. The van der Waals surface area contributed by atoms with Crippen LogP contribution in [0.2, 0.25) is 0 Å². The number of nitrogens with one attached hydrogen (secondary N) is 1. The molecule has 2 aliphatic rings. The third-order valence-electron chi connectivity index (χ3n) is 6.35.